The number of para-hydroxylation sites is 1. The van der Waals surface area contributed by atoms with Crippen LogP contribution < -0.4 is 4.90 Å². The zero-order valence-corrected chi connectivity index (χ0v) is 19.1. The number of nitrogens with zero attached hydrogens (tertiary/aromatic N) is 3. The molecule has 1 saturated heterocycles. The molecule has 1 aromatic heterocycles. The summed E-state index contributed by atoms with van der Waals surface area (Å²) in [4.78, 5) is 56.6. The van der Waals surface area contributed by atoms with Crippen molar-refractivity contribution in [2.75, 3.05) is 18.6 Å². The van der Waals surface area contributed by atoms with Crippen molar-refractivity contribution in [3.05, 3.63) is 52.2 Å². The van der Waals surface area contributed by atoms with Crippen LogP contribution in [0, 0.1) is 0 Å². The predicted octanol–water partition coefficient (Wildman–Crippen LogP) is 2.64. The number of thiophene rings is 1. The number of fused-ring (bicyclic) bond motifs is 3. The fourth-order valence-electron chi connectivity index (χ4n) is 4.47. The first-order chi connectivity index (χ1) is 15.3. The van der Waals surface area contributed by atoms with Gasteiger partial charge in [-0.15, -0.1) is 0 Å². The maximum Gasteiger partial charge on any atom is 0.354 e. The average Bonchev–Trinajstić information content (AvgIpc) is 3.40. The van der Waals surface area contributed by atoms with Gasteiger partial charge in [0.1, 0.15) is 0 Å². The molecule has 0 bridgehead atoms. The van der Waals surface area contributed by atoms with Gasteiger partial charge in [0.15, 0.2) is 6.61 Å². The van der Waals surface area contributed by atoms with Gasteiger partial charge in [-0.25, -0.2) is 4.79 Å². The summed E-state index contributed by atoms with van der Waals surface area (Å²) in [6, 6.07) is 8.32. The fourth-order valence-corrected chi connectivity index (χ4v) is 5.13. The van der Waals surface area contributed by atoms with Gasteiger partial charge in [-0.2, -0.15) is 11.3 Å². The number of likely N-dealkylation sites (N-methyl/N-ethyl adjacent to an activating group) is 1. The Kier molecular flexibility index (Phi) is 5.77. The van der Waals surface area contributed by atoms with Crippen LogP contribution in [0.2, 0.25) is 0 Å². The lowest BCUT2D eigenvalue weighted by Crippen LogP contribution is -2.70. The molecule has 0 aliphatic carbocycles. The van der Waals surface area contributed by atoms with Crippen LogP contribution in [-0.4, -0.2) is 58.8 Å². The van der Waals surface area contributed by atoms with Gasteiger partial charge in [-0.05, 0) is 48.4 Å². The van der Waals surface area contributed by atoms with Gasteiger partial charge < -0.3 is 14.5 Å². The van der Waals surface area contributed by atoms with Gasteiger partial charge in [0.25, 0.3) is 11.8 Å². The van der Waals surface area contributed by atoms with Crippen LogP contribution in [0.5, 0.6) is 0 Å². The number of hydrogen-bond donors (Lipinski definition) is 0. The van der Waals surface area contributed by atoms with E-state index in [0.29, 0.717) is 17.8 Å². The lowest BCUT2D eigenvalue weighted by Gasteiger charge is -2.50. The van der Waals surface area contributed by atoms with Gasteiger partial charge in [-0.3, -0.25) is 19.3 Å². The number of carbonyl (C=O) groups excluding carboxylic acids is 4. The van der Waals surface area contributed by atoms with Crippen LogP contribution >= 0.6 is 11.3 Å². The average molecular weight is 456 g/mol. The number of anilines is 1. The quantitative estimate of drug-likeness (QED) is 0.625. The van der Waals surface area contributed by atoms with Crippen molar-refractivity contribution >= 4 is 40.7 Å². The highest BCUT2D eigenvalue weighted by atomic mass is 32.1. The van der Waals surface area contributed by atoms with Crippen molar-refractivity contribution in [1.29, 1.82) is 0 Å². The molecule has 32 heavy (non-hydrogen) atoms. The minimum Gasteiger partial charge on any atom is -0.452 e. The number of hydrogen-bond acceptors (Lipinski definition) is 6. The first-order valence-electron chi connectivity index (χ1n) is 10.5. The van der Waals surface area contributed by atoms with E-state index in [1.54, 1.807) is 45.2 Å². The molecule has 8 nitrogen and oxygen atoms in total. The van der Waals surface area contributed by atoms with Crippen LogP contribution in [0.15, 0.2) is 41.1 Å². The molecule has 2 aromatic rings. The molecule has 2 aliphatic rings. The van der Waals surface area contributed by atoms with Gasteiger partial charge in [0.05, 0.1) is 11.3 Å². The number of amides is 3. The van der Waals surface area contributed by atoms with E-state index in [9.17, 15) is 19.2 Å². The molecule has 1 unspecified atom stereocenters. The number of carbonyl (C=O) groups is 4. The molecule has 1 atom stereocenters. The Bertz CT molecular complexity index is 1070. The lowest BCUT2D eigenvalue weighted by atomic mass is 9.95. The molecule has 2 aliphatic heterocycles. The molecule has 4 rings (SSSR count). The maximum atomic E-state index is 13.5. The molecule has 1 aromatic carbocycles. The van der Waals surface area contributed by atoms with E-state index in [0.717, 1.165) is 5.56 Å². The Morgan fingerprint density at radius 1 is 1.22 bits per heavy atom. The summed E-state index contributed by atoms with van der Waals surface area (Å²) in [5, 5.41) is 3.87. The number of esters is 1. The van der Waals surface area contributed by atoms with Crippen LogP contribution in [0.3, 0.4) is 0 Å². The molecule has 0 spiro atoms. The molecule has 9 heteroatoms. The third-order valence-corrected chi connectivity index (χ3v) is 6.63. The lowest BCUT2D eigenvalue weighted by molar-refractivity contribution is -0.162. The SMILES string of the molecule is CC(C)N1C(=O)c2ccccc2N2C(=O)CCC21C(=O)OCC(=O)N(C)Cc1ccsc1. The zero-order chi connectivity index (χ0) is 23.0. The molecule has 0 saturated carbocycles. The summed E-state index contributed by atoms with van der Waals surface area (Å²) in [5.41, 5.74) is 0.160. The Balaban J connectivity index is 1.61. The van der Waals surface area contributed by atoms with Crippen LogP contribution in [0.25, 0.3) is 0 Å². The van der Waals surface area contributed by atoms with Crippen LogP contribution in [0.1, 0.15) is 42.6 Å². The fraction of sp³-hybridized carbons (Fsp3) is 0.391. The highest BCUT2D eigenvalue weighted by molar-refractivity contribution is 7.07. The van der Waals surface area contributed by atoms with Crippen LogP contribution in [0.4, 0.5) is 5.69 Å². The summed E-state index contributed by atoms with van der Waals surface area (Å²) >= 11 is 1.54. The monoisotopic (exact) mass is 455 g/mol. The Hall–Kier alpha value is -3.20. The molecule has 3 amide bonds. The molecule has 168 valence electrons. The van der Waals surface area contributed by atoms with E-state index < -0.39 is 18.2 Å². The second-order valence-electron chi connectivity index (χ2n) is 8.29. The van der Waals surface area contributed by atoms with Crippen molar-refractivity contribution in [3.8, 4) is 0 Å². The number of rotatable bonds is 6. The van der Waals surface area contributed by atoms with Gasteiger partial charge in [-0.1, -0.05) is 12.1 Å². The van der Waals surface area contributed by atoms with Crippen molar-refractivity contribution in [2.45, 2.75) is 44.9 Å². The van der Waals surface area contributed by atoms with Crippen molar-refractivity contribution in [2.24, 2.45) is 0 Å². The molecular weight excluding hydrogens is 430 g/mol. The highest BCUT2D eigenvalue weighted by Gasteiger charge is 2.62. The van der Waals surface area contributed by atoms with Gasteiger partial charge in [0, 0.05) is 32.5 Å². The Morgan fingerprint density at radius 3 is 2.66 bits per heavy atom. The van der Waals surface area contributed by atoms with Crippen molar-refractivity contribution < 1.29 is 23.9 Å². The Morgan fingerprint density at radius 2 is 1.97 bits per heavy atom. The molecule has 1 fully saturated rings. The number of benzene rings is 1. The van der Waals surface area contributed by atoms with E-state index in [-0.39, 0.29) is 36.6 Å². The van der Waals surface area contributed by atoms with Crippen molar-refractivity contribution in [1.82, 2.24) is 9.80 Å². The first kappa shape index (κ1) is 22.0. The minimum atomic E-state index is -1.59. The normalized spacial score (nSPS) is 19.8. The second kappa shape index (κ2) is 8.38. The third kappa shape index (κ3) is 3.46. The topological polar surface area (TPSA) is 87.2 Å². The van der Waals surface area contributed by atoms with E-state index in [4.69, 9.17) is 4.74 Å². The van der Waals surface area contributed by atoms with Gasteiger partial charge in [0.2, 0.25) is 11.6 Å². The van der Waals surface area contributed by atoms with Gasteiger partial charge >= 0.3 is 5.97 Å². The third-order valence-electron chi connectivity index (χ3n) is 5.90. The summed E-state index contributed by atoms with van der Waals surface area (Å²) in [7, 11) is 1.64. The van der Waals surface area contributed by atoms with Crippen LogP contribution in [-0.2, 0) is 25.7 Å². The summed E-state index contributed by atoms with van der Waals surface area (Å²) in [5.74, 6) is -1.72. The predicted molar refractivity (Wildman–Crippen MR) is 119 cm³/mol. The summed E-state index contributed by atoms with van der Waals surface area (Å²) in [6.45, 7) is 3.52. The molecule has 0 N–H and O–H groups in total. The highest BCUT2D eigenvalue weighted by Crippen LogP contribution is 2.45. The zero-order valence-electron chi connectivity index (χ0n) is 18.2. The van der Waals surface area contributed by atoms with E-state index in [2.05, 4.69) is 0 Å². The first-order valence-corrected chi connectivity index (χ1v) is 11.4. The van der Waals surface area contributed by atoms with E-state index >= 15 is 0 Å². The summed E-state index contributed by atoms with van der Waals surface area (Å²) < 4.78 is 5.47. The molecule has 0 radical (unpaired) electrons. The number of ether oxygens (including phenoxy) is 1. The smallest absolute Gasteiger partial charge is 0.354 e. The van der Waals surface area contributed by atoms with E-state index in [1.807, 2.05) is 16.8 Å². The molecular formula is C23H25N3O5S. The molecule has 3 heterocycles. The largest absolute Gasteiger partial charge is 0.452 e. The Labute approximate surface area is 190 Å². The van der Waals surface area contributed by atoms with E-state index in [1.165, 1.54) is 26.0 Å². The maximum absolute atomic E-state index is 13.5. The second-order valence-corrected chi connectivity index (χ2v) is 9.07. The van der Waals surface area contributed by atoms with Crippen molar-refractivity contribution in [3.63, 3.8) is 0 Å². The summed E-state index contributed by atoms with van der Waals surface area (Å²) in [6.07, 6.45) is 0.216. The standard InChI is InChI=1S/C23H25N3O5S/c1-15(2)25-21(29)17-6-4-5-7-18(17)26-19(27)8-10-23(25,26)22(30)31-13-20(28)24(3)12-16-9-11-32-14-16/h4-7,9,11,14-15H,8,10,12-13H2,1-3H3. The minimum absolute atomic E-state index is 0.103.